The van der Waals surface area contributed by atoms with Crippen LogP contribution in [0.2, 0.25) is 0 Å². The van der Waals surface area contributed by atoms with Gasteiger partial charge in [-0.05, 0) is 0 Å². The molecule has 1 heterocycles. The van der Waals surface area contributed by atoms with Gasteiger partial charge in [0.05, 0.1) is 6.54 Å². The summed E-state index contributed by atoms with van der Waals surface area (Å²) in [6.07, 6.45) is 3.53. The second-order valence-electron chi connectivity index (χ2n) is 4.33. The second-order valence-corrected chi connectivity index (χ2v) is 4.33. The number of aromatic nitrogens is 2. The fourth-order valence-electron chi connectivity index (χ4n) is 2.05. The van der Waals surface area contributed by atoms with Gasteiger partial charge in [-0.15, -0.1) is 6.42 Å². The molecule has 1 aromatic heterocycles. The molecule has 1 aromatic carbocycles. The van der Waals surface area contributed by atoms with Crippen LogP contribution in [0.3, 0.4) is 0 Å². The van der Waals surface area contributed by atoms with Gasteiger partial charge in [-0.3, -0.25) is 0 Å². The van der Waals surface area contributed by atoms with Crippen molar-refractivity contribution >= 4 is 5.82 Å². The van der Waals surface area contributed by atoms with E-state index in [1.807, 2.05) is 6.92 Å². The zero-order chi connectivity index (χ0) is 14.7. The number of hydrogen-bond acceptors (Lipinski definition) is 2. The summed E-state index contributed by atoms with van der Waals surface area (Å²) in [5, 5.41) is 0. The monoisotopic (exact) mass is 275 g/mol. The van der Waals surface area contributed by atoms with Crippen LogP contribution >= 0.6 is 0 Å². The van der Waals surface area contributed by atoms with Gasteiger partial charge in [-0.2, -0.15) is 0 Å². The number of benzene rings is 1. The van der Waals surface area contributed by atoms with Crippen LogP contribution in [0.25, 0.3) is 11.3 Å². The standard InChI is InChI=1S/C15H15F2N3/c1-3-9-20-12(4-2)19-13(15(20)18)10-5-7-11(8-6-10)14(16)17/h1,5-8,14H,4,9,18H2,2H3. The second kappa shape index (κ2) is 5.74. The minimum atomic E-state index is -2.48. The number of aryl methyl sites for hydroxylation is 1. The van der Waals surface area contributed by atoms with Gasteiger partial charge in [-0.1, -0.05) is 37.1 Å². The number of nitrogens with zero attached hydrogens (tertiary/aromatic N) is 2. The zero-order valence-electron chi connectivity index (χ0n) is 11.1. The molecule has 0 aliphatic carbocycles. The highest BCUT2D eigenvalue weighted by Gasteiger charge is 2.15. The van der Waals surface area contributed by atoms with Crippen molar-refractivity contribution in [2.24, 2.45) is 0 Å². The van der Waals surface area contributed by atoms with E-state index >= 15 is 0 Å². The van der Waals surface area contributed by atoms with Crippen LogP contribution in [0.5, 0.6) is 0 Å². The Morgan fingerprint density at radius 3 is 2.50 bits per heavy atom. The fourth-order valence-corrected chi connectivity index (χ4v) is 2.05. The Bertz CT molecular complexity index is 636. The number of anilines is 1. The molecule has 0 spiro atoms. The first-order valence-electron chi connectivity index (χ1n) is 6.25. The molecule has 0 unspecified atom stereocenters. The van der Waals surface area contributed by atoms with Crippen molar-refractivity contribution in [3.63, 3.8) is 0 Å². The molecule has 2 aromatic rings. The SMILES string of the molecule is C#CCn1c(CC)nc(-c2ccc(C(F)F)cc2)c1N. The van der Waals surface area contributed by atoms with Crippen molar-refractivity contribution in [1.29, 1.82) is 0 Å². The predicted molar refractivity (Wildman–Crippen MR) is 75.2 cm³/mol. The van der Waals surface area contributed by atoms with E-state index in [1.165, 1.54) is 12.1 Å². The lowest BCUT2D eigenvalue weighted by Gasteiger charge is -2.04. The Balaban J connectivity index is 2.45. The van der Waals surface area contributed by atoms with E-state index in [0.717, 1.165) is 5.82 Å². The number of nitrogens with two attached hydrogens (primary N) is 1. The van der Waals surface area contributed by atoms with Crippen molar-refractivity contribution < 1.29 is 8.78 Å². The molecule has 0 amide bonds. The lowest BCUT2D eigenvalue weighted by Crippen LogP contribution is -2.05. The van der Waals surface area contributed by atoms with Crippen LogP contribution in [0.15, 0.2) is 24.3 Å². The average molecular weight is 275 g/mol. The van der Waals surface area contributed by atoms with E-state index in [2.05, 4.69) is 10.9 Å². The predicted octanol–water partition coefficient (Wildman–Crippen LogP) is 3.27. The van der Waals surface area contributed by atoms with Crippen molar-refractivity contribution in [2.75, 3.05) is 5.73 Å². The maximum Gasteiger partial charge on any atom is 0.263 e. The first kappa shape index (κ1) is 14.1. The third-order valence-corrected chi connectivity index (χ3v) is 3.09. The number of rotatable bonds is 4. The van der Waals surface area contributed by atoms with Gasteiger partial charge >= 0.3 is 0 Å². The van der Waals surface area contributed by atoms with Gasteiger partial charge in [0.1, 0.15) is 17.3 Å². The van der Waals surface area contributed by atoms with Gasteiger partial charge in [-0.25, -0.2) is 13.8 Å². The minimum absolute atomic E-state index is 0.0221. The molecule has 2 N–H and O–H groups in total. The fraction of sp³-hybridized carbons (Fsp3) is 0.267. The molecule has 20 heavy (non-hydrogen) atoms. The van der Waals surface area contributed by atoms with E-state index in [1.54, 1.807) is 16.7 Å². The highest BCUT2D eigenvalue weighted by atomic mass is 19.3. The number of hydrogen-bond donors (Lipinski definition) is 1. The summed E-state index contributed by atoms with van der Waals surface area (Å²) in [6, 6.07) is 5.95. The van der Waals surface area contributed by atoms with Crippen LogP contribution in [-0.4, -0.2) is 9.55 Å². The van der Waals surface area contributed by atoms with Gasteiger partial charge in [0.15, 0.2) is 0 Å². The van der Waals surface area contributed by atoms with Crippen molar-refractivity contribution in [3.8, 4) is 23.6 Å². The lowest BCUT2D eigenvalue weighted by molar-refractivity contribution is 0.151. The first-order valence-corrected chi connectivity index (χ1v) is 6.25. The maximum atomic E-state index is 12.5. The number of alkyl halides is 2. The summed E-state index contributed by atoms with van der Waals surface area (Å²) in [5.41, 5.74) is 7.32. The van der Waals surface area contributed by atoms with Crippen LogP contribution < -0.4 is 5.73 Å². The van der Waals surface area contributed by atoms with E-state index in [0.29, 0.717) is 30.0 Å². The number of halogens is 2. The van der Waals surface area contributed by atoms with Crippen molar-refractivity contribution in [2.45, 2.75) is 26.3 Å². The van der Waals surface area contributed by atoms with Gasteiger partial charge in [0.25, 0.3) is 6.43 Å². The zero-order valence-corrected chi connectivity index (χ0v) is 11.1. The van der Waals surface area contributed by atoms with Crippen LogP contribution in [0.1, 0.15) is 24.7 Å². The summed E-state index contributed by atoms with van der Waals surface area (Å²) in [4.78, 5) is 4.45. The molecule has 0 aliphatic rings. The summed E-state index contributed by atoms with van der Waals surface area (Å²) in [5.74, 6) is 3.78. The summed E-state index contributed by atoms with van der Waals surface area (Å²) in [7, 11) is 0. The molecule has 2 rings (SSSR count). The van der Waals surface area contributed by atoms with E-state index < -0.39 is 6.43 Å². The lowest BCUT2D eigenvalue weighted by atomic mass is 10.1. The van der Waals surface area contributed by atoms with Gasteiger partial charge < -0.3 is 10.3 Å². The molecule has 0 bridgehead atoms. The highest BCUT2D eigenvalue weighted by Crippen LogP contribution is 2.28. The van der Waals surface area contributed by atoms with E-state index in [9.17, 15) is 8.78 Å². The number of nitrogen functional groups attached to an aromatic ring is 1. The number of imidazole rings is 1. The van der Waals surface area contributed by atoms with Crippen LogP contribution in [0, 0.1) is 12.3 Å². The molecule has 0 saturated carbocycles. The van der Waals surface area contributed by atoms with Crippen LogP contribution in [0.4, 0.5) is 14.6 Å². The van der Waals surface area contributed by atoms with Gasteiger partial charge in [0, 0.05) is 17.5 Å². The molecule has 0 radical (unpaired) electrons. The molecule has 0 atom stereocenters. The summed E-state index contributed by atoms with van der Waals surface area (Å²) in [6.45, 7) is 2.30. The smallest absolute Gasteiger partial charge is 0.263 e. The molecular formula is C15H15F2N3. The molecule has 0 fully saturated rings. The largest absolute Gasteiger partial charge is 0.383 e. The summed E-state index contributed by atoms with van der Waals surface area (Å²) < 4.78 is 26.8. The van der Waals surface area contributed by atoms with E-state index in [4.69, 9.17) is 12.2 Å². The molecular weight excluding hydrogens is 260 g/mol. The Labute approximate surface area is 116 Å². The first-order chi connectivity index (χ1) is 9.58. The molecule has 0 saturated heterocycles. The molecule has 3 nitrogen and oxygen atoms in total. The molecule has 5 heteroatoms. The Hall–Kier alpha value is -2.35. The third kappa shape index (κ3) is 2.50. The van der Waals surface area contributed by atoms with Crippen LogP contribution in [-0.2, 0) is 13.0 Å². The minimum Gasteiger partial charge on any atom is -0.383 e. The Morgan fingerprint density at radius 2 is 2.00 bits per heavy atom. The quantitative estimate of drug-likeness (QED) is 0.870. The molecule has 104 valence electrons. The Kier molecular flexibility index (Phi) is 4.04. The maximum absolute atomic E-state index is 12.5. The molecule has 0 aliphatic heterocycles. The summed E-state index contributed by atoms with van der Waals surface area (Å²) >= 11 is 0. The topological polar surface area (TPSA) is 43.8 Å². The van der Waals surface area contributed by atoms with E-state index in [-0.39, 0.29) is 5.56 Å². The number of terminal acetylenes is 1. The Morgan fingerprint density at radius 1 is 1.35 bits per heavy atom. The third-order valence-electron chi connectivity index (χ3n) is 3.09. The highest BCUT2D eigenvalue weighted by molar-refractivity contribution is 5.71. The van der Waals surface area contributed by atoms with Crippen molar-refractivity contribution in [3.05, 3.63) is 35.7 Å². The van der Waals surface area contributed by atoms with Gasteiger partial charge in [0.2, 0.25) is 0 Å². The normalized spacial score (nSPS) is 10.8. The van der Waals surface area contributed by atoms with Crippen molar-refractivity contribution in [1.82, 2.24) is 9.55 Å². The average Bonchev–Trinajstić information content (AvgIpc) is 2.76.